The Morgan fingerprint density at radius 1 is 0.421 bits per heavy atom. The second-order valence-corrected chi connectivity index (χ2v) is 14.2. The van der Waals surface area contributed by atoms with Gasteiger partial charge in [-0.25, -0.2) is 19.9 Å². The van der Waals surface area contributed by atoms with Gasteiger partial charge in [0.25, 0.3) is 0 Å². The van der Waals surface area contributed by atoms with E-state index in [4.69, 9.17) is 19.9 Å². The van der Waals surface area contributed by atoms with Crippen LogP contribution in [0.15, 0.2) is 127 Å². The minimum atomic E-state index is -0.104. The van der Waals surface area contributed by atoms with E-state index in [1.54, 1.807) is 0 Å². The van der Waals surface area contributed by atoms with Crippen LogP contribution in [0.2, 0.25) is 0 Å². The lowest BCUT2D eigenvalue weighted by molar-refractivity contribution is 0.639. The summed E-state index contributed by atoms with van der Waals surface area (Å²) in [6.45, 7) is 2.18. The highest BCUT2D eigenvalue weighted by molar-refractivity contribution is 6.43. The molecule has 57 heavy (non-hydrogen) atoms. The lowest BCUT2D eigenvalue weighted by atomic mass is 9.76. The Morgan fingerprint density at radius 2 is 0.772 bits per heavy atom. The van der Waals surface area contributed by atoms with Crippen molar-refractivity contribution in [2.45, 2.75) is 12.8 Å². The first-order valence-corrected chi connectivity index (χ1v) is 18.4. The summed E-state index contributed by atoms with van der Waals surface area (Å²) >= 11 is 0. The first-order valence-electron chi connectivity index (χ1n) is 18.4. The number of nitrogens with zero attached hydrogens (tertiary/aromatic N) is 8. The summed E-state index contributed by atoms with van der Waals surface area (Å²) in [5.41, 5.74) is 7.89. The second kappa shape index (κ2) is 12.9. The molecule has 0 N–H and O–H groups in total. The Labute approximate surface area is 326 Å². The number of allylic oxidation sites excluding steroid dienone is 4. The van der Waals surface area contributed by atoms with Crippen LogP contribution < -0.4 is 0 Å². The minimum absolute atomic E-state index is 0.0671. The van der Waals surface area contributed by atoms with Crippen molar-refractivity contribution in [1.29, 1.82) is 21.0 Å². The zero-order valence-corrected chi connectivity index (χ0v) is 30.4. The number of aromatic nitrogens is 4. The number of rotatable bonds is 4. The van der Waals surface area contributed by atoms with Gasteiger partial charge in [0.2, 0.25) is 0 Å². The zero-order valence-electron chi connectivity index (χ0n) is 30.4. The average Bonchev–Trinajstić information content (AvgIpc) is 3.28. The van der Waals surface area contributed by atoms with Gasteiger partial charge in [0.05, 0.1) is 22.1 Å². The van der Waals surface area contributed by atoms with Crippen molar-refractivity contribution in [3.63, 3.8) is 0 Å². The van der Waals surface area contributed by atoms with Crippen molar-refractivity contribution in [1.82, 2.24) is 19.9 Å². The minimum Gasteiger partial charge on any atom is -0.232 e. The average molecular weight is 727 g/mol. The first kappa shape index (κ1) is 33.3. The molecule has 8 heteroatoms. The van der Waals surface area contributed by atoms with Gasteiger partial charge in [0, 0.05) is 38.2 Å². The number of fused-ring (bicyclic) bond motifs is 6. The number of hydrogen-bond donors (Lipinski definition) is 0. The van der Waals surface area contributed by atoms with Gasteiger partial charge in [-0.3, -0.25) is 0 Å². The molecule has 1 aliphatic carbocycles. The maximum absolute atomic E-state index is 10.4. The molecule has 0 fully saturated rings. The van der Waals surface area contributed by atoms with Gasteiger partial charge in [0.15, 0.2) is 22.8 Å². The molecule has 0 saturated heterocycles. The van der Waals surface area contributed by atoms with Crippen LogP contribution in [-0.4, -0.2) is 19.9 Å². The van der Waals surface area contributed by atoms with Crippen LogP contribution in [0, 0.1) is 51.2 Å². The van der Waals surface area contributed by atoms with Gasteiger partial charge in [-0.1, -0.05) is 122 Å². The topological polar surface area (TPSA) is 147 Å². The van der Waals surface area contributed by atoms with Gasteiger partial charge in [0.1, 0.15) is 24.3 Å². The van der Waals surface area contributed by atoms with Crippen LogP contribution in [0.5, 0.6) is 0 Å². The summed E-state index contributed by atoms with van der Waals surface area (Å²) in [4.78, 5) is 20.1. The van der Waals surface area contributed by atoms with Gasteiger partial charge < -0.3 is 0 Å². The number of nitriles is 4. The van der Waals surface area contributed by atoms with Crippen molar-refractivity contribution >= 4 is 54.4 Å². The van der Waals surface area contributed by atoms with Crippen LogP contribution in [0.1, 0.15) is 41.2 Å². The molecule has 8 nitrogen and oxygen atoms in total. The van der Waals surface area contributed by atoms with Gasteiger partial charge in [-0.2, -0.15) is 21.0 Å². The Kier molecular flexibility index (Phi) is 7.55. The summed E-state index contributed by atoms with van der Waals surface area (Å²) in [7, 11) is 0. The van der Waals surface area contributed by atoms with E-state index in [1.807, 2.05) is 78.9 Å². The smallest absolute Gasteiger partial charge is 0.177 e. The lowest BCUT2D eigenvalue weighted by Gasteiger charge is -2.28. The van der Waals surface area contributed by atoms with Gasteiger partial charge in [-0.15, -0.1) is 0 Å². The Morgan fingerprint density at radius 3 is 1.16 bits per heavy atom. The van der Waals surface area contributed by atoms with Gasteiger partial charge >= 0.3 is 0 Å². The third kappa shape index (κ3) is 4.89. The van der Waals surface area contributed by atoms with E-state index in [0.717, 1.165) is 71.3 Å². The summed E-state index contributed by atoms with van der Waals surface area (Å²) in [5, 5.41) is 46.1. The highest BCUT2D eigenvalue weighted by Crippen LogP contribution is 2.54. The summed E-state index contributed by atoms with van der Waals surface area (Å²) in [5.74, 6) is -0.0128. The summed E-state index contributed by atoms with van der Waals surface area (Å²) in [6, 6.07) is 43.0. The van der Waals surface area contributed by atoms with Crippen molar-refractivity contribution in [3.05, 3.63) is 156 Å². The fourth-order valence-electron chi connectivity index (χ4n) is 8.66. The monoisotopic (exact) mass is 726 g/mol. The Bertz CT molecular complexity index is 3340. The van der Waals surface area contributed by atoms with Crippen LogP contribution in [-0.2, 0) is 0 Å². The lowest BCUT2D eigenvalue weighted by Crippen LogP contribution is -2.10. The van der Waals surface area contributed by atoms with Gasteiger partial charge in [-0.05, 0) is 57.0 Å². The molecule has 9 aromatic rings. The molecule has 2 aromatic heterocycles. The fraction of sp³-hybridized carbons (Fsp3) is 0.0612. The van der Waals surface area contributed by atoms with Crippen LogP contribution in [0.4, 0.5) is 0 Å². The van der Waals surface area contributed by atoms with E-state index in [-0.39, 0.29) is 34.6 Å². The zero-order chi connectivity index (χ0) is 38.8. The second-order valence-electron chi connectivity index (χ2n) is 14.2. The summed E-state index contributed by atoms with van der Waals surface area (Å²) < 4.78 is 0. The van der Waals surface area contributed by atoms with E-state index in [0.29, 0.717) is 22.1 Å². The molecule has 2 unspecified atom stereocenters. The third-order valence-electron chi connectivity index (χ3n) is 11.1. The molecule has 262 valence electrons. The Hall–Kier alpha value is -8.30. The molecular weight excluding hydrogens is 701 g/mol. The Balaban J connectivity index is 1.63. The maximum atomic E-state index is 10.4. The molecule has 7 aromatic carbocycles. The molecule has 0 radical (unpaired) electrons. The molecule has 0 amide bonds. The quantitative estimate of drug-likeness (QED) is 0.129. The van der Waals surface area contributed by atoms with Crippen molar-refractivity contribution in [2.75, 3.05) is 0 Å². The first-order chi connectivity index (χ1) is 28.0. The van der Waals surface area contributed by atoms with Crippen LogP contribution in [0.25, 0.3) is 87.8 Å². The highest BCUT2D eigenvalue weighted by Gasteiger charge is 2.32. The highest BCUT2D eigenvalue weighted by atomic mass is 14.9. The standard InChI is InChI=1S/C49H26N8/c1-27-13-11-12-20-31(27)35-22-34(30-18-9-4-10-19-30)42-45-43(35)49-48(56-38(25-52)39(26-53)57-49)41-33(29-16-7-3-8-17-29)21-32(28-14-5-2-6-15-28)40(44(41)45)46-47(42)55-37(24-51)36(23-50)54-46/h2-22,27,31H,1H3. The van der Waals surface area contributed by atoms with Crippen molar-refractivity contribution in [2.24, 2.45) is 5.92 Å². The fourth-order valence-corrected chi connectivity index (χ4v) is 8.66. The molecule has 0 bridgehead atoms. The SMILES string of the molecule is CC1C=CC=CC1c1cc(-c2ccccc2)c2c3nc(C#N)c(C#N)nc3c3c(-c4ccccc4)cc(-c4ccccc4)c4c5nc(C#N)c(C#N)nc5c1c2c34. The molecule has 10 rings (SSSR count). The van der Waals surface area contributed by atoms with E-state index in [9.17, 15) is 21.0 Å². The molecule has 2 atom stereocenters. The van der Waals surface area contributed by atoms with Crippen LogP contribution >= 0.6 is 0 Å². The van der Waals surface area contributed by atoms with E-state index < -0.39 is 0 Å². The molecule has 0 aliphatic heterocycles. The molecular formula is C49H26N8. The maximum Gasteiger partial charge on any atom is 0.177 e. The van der Waals surface area contributed by atoms with Crippen molar-refractivity contribution < 1.29 is 0 Å². The van der Waals surface area contributed by atoms with E-state index in [1.165, 1.54) is 0 Å². The predicted octanol–water partition coefficient (Wildman–Crippen LogP) is 10.8. The van der Waals surface area contributed by atoms with Crippen molar-refractivity contribution in [3.8, 4) is 57.7 Å². The molecule has 2 heterocycles. The normalized spacial score (nSPS) is 14.9. The van der Waals surface area contributed by atoms with E-state index >= 15 is 0 Å². The third-order valence-corrected chi connectivity index (χ3v) is 11.1. The predicted molar refractivity (Wildman–Crippen MR) is 222 cm³/mol. The van der Waals surface area contributed by atoms with E-state index in [2.05, 4.69) is 79.8 Å². The number of hydrogen-bond acceptors (Lipinski definition) is 8. The number of benzene rings is 7. The molecule has 1 aliphatic rings. The van der Waals surface area contributed by atoms with Crippen LogP contribution in [0.3, 0.4) is 0 Å². The molecule has 0 saturated carbocycles. The largest absolute Gasteiger partial charge is 0.232 e. The summed E-state index contributed by atoms with van der Waals surface area (Å²) in [6.07, 6.45) is 8.47. The molecule has 0 spiro atoms.